The Morgan fingerprint density at radius 1 is 1.18 bits per heavy atom. The first kappa shape index (κ1) is 17.9. The molecule has 0 heterocycles. The lowest BCUT2D eigenvalue weighted by atomic mass is 9.87. The van der Waals surface area contributed by atoms with Gasteiger partial charge in [0.1, 0.15) is 0 Å². The fraction of sp³-hybridized carbons (Fsp3) is 0.286. The van der Waals surface area contributed by atoms with Gasteiger partial charge in [0.25, 0.3) is 0 Å². The monoisotopic (exact) mass is 293 g/mol. The van der Waals surface area contributed by atoms with Gasteiger partial charge in [-0.1, -0.05) is 69.9 Å². The molecule has 116 valence electrons. The van der Waals surface area contributed by atoms with E-state index >= 15 is 0 Å². The highest BCUT2D eigenvalue weighted by atomic mass is 14.7. The molecule has 0 saturated carbocycles. The van der Waals surface area contributed by atoms with Gasteiger partial charge in [-0.15, -0.1) is 0 Å². The zero-order valence-corrected chi connectivity index (χ0v) is 14.4. The van der Waals surface area contributed by atoms with E-state index in [1.807, 2.05) is 43.5 Å². The van der Waals surface area contributed by atoms with Crippen LogP contribution in [0.15, 0.2) is 71.8 Å². The molecular formula is C21H27N. The van der Waals surface area contributed by atoms with E-state index in [9.17, 15) is 0 Å². The van der Waals surface area contributed by atoms with Gasteiger partial charge in [-0.2, -0.15) is 0 Å². The van der Waals surface area contributed by atoms with Crippen molar-refractivity contribution in [3.8, 4) is 0 Å². The second-order valence-corrected chi connectivity index (χ2v) is 6.15. The Morgan fingerprint density at radius 3 is 2.45 bits per heavy atom. The Hall–Kier alpha value is -2.15. The van der Waals surface area contributed by atoms with Gasteiger partial charge in [-0.05, 0) is 48.1 Å². The molecule has 1 aromatic rings. The standard InChI is InChI=1S/C21H27N/c1-7-10-12-17(8-2)18-13-11-14-20(15-18)22-16-19(9-3)21(4,5)6/h7-16H,2H2,1,3-6H3/b10-7-,17-12+,19-9+,22-16?. The zero-order chi connectivity index (χ0) is 16.6. The summed E-state index contributed by atoms with van der Waals surface area (Å²) in [6.07, 6.45) is 12.0. The summed E-state index contributed by atoms with van der Waals surface area (Å²) in [7, 11) is 0. The highest BCUT2D eigenvalue weighted by Gasteiger charge is 2.13. The van der Waals surface area contributed by atoms with Gasteiger partial charge in [0.05, 0.1) is 5.69 Å². The van der Waals surface area contributed by atoms with Crippen molar-refractivity contribution in [2.75, 3.05) is 0 Å². The molecule has 0 spiro atoms. The molecule has 1 aromatic carbocycles. The van der Waals surface area contributed by atoms with Crippen molar-refractivity contribution in [2.45, 2.75) is 34.6 Å². The molecule has 1 rings (SSSR count). The molecule has 1 heteroatoms. The number of benzene rings is 1. The number of aliphatic imine (C=N–C) groups is 1. The first-order valence-electron chi connectivity index (χ1n) is 7.69. The van der Waals surface area contributed by atoms with Crippen LogP contribution in [0.25, 0.3) is 5.57 Å². The van der Waals surface area contributed by atoms with Crippen molar-refractivity contribution < 1.29 is 0 Å². The van der Waals surface area contributed by atoms with Gasteiger partial charge >= 0.3 is 0 Å². The van der Waals surface area contributed by atoms with Crippen LogP contribution in [0, 0.1) is 5.41 Å². The third kappa shape index (κ3) is 5.33. The van der Waals surface area contributed by atoms with E-state index in [1.165, 1.54) is 5.57 Å². The smallest absolute Gasteiger partial charge is 0.0635 e. The maximum absolute atomic E-state index is 4.63. The first-order chi connectivity index (χ1) is 10.4. The molecule has 1 nitrogen and oxygen atoms in total. The van der Waals surface area contributed by atoms with Gasteiger partial charge in [-0.3, -0.25) is 4.99 Å². The molecule has 0 fully saturated rings. The van der Waals surface area contributed by atoms with Crippen molar-refractivity contribution in [1.29, 1.82) is 0 Å². The summed E-state index contributed by atoms with van der Waals surface area (Å²) in [5.41, 5.74) is 4.51. The van der Waals surface area contributed by atoms with Crippen LogP contribution in [0.1, 0.15) is 40.2 Å². The summed E-state index contributed by atoms with van der Waals surface area (Å²) in [6, 6.07) is 8.22. The topological polar surface area (TPSA) is 12.4 Å². The summed E-state index contributed by atoms with van der Waals surface area (Å²) in [5.74, 6) is 0. The molecule has 0 saturated heterocycles. The summed E-state index contributed by atoms with van der Waals surface area (Å²) >= 11 is 0. The van der Waals surface area contributed by atoms with Crippen molar-refractivity contribution >= 4 is 17.5 Å². The van der Waals surface area contributed by atoms with Crippen LogP contribution in [0.2, 0.25) is 0 Å². The quantitative estimate of drug-likeness (QED) is 0.432. The number of hydrogen-bond donors (Lipinski definition) is 0. The van der Waals surface area contributed by atoms with Gasteiger partial charge in [0, 0.05) is 6.21 Å². The van der Waals surface area contributed by atoms with E-state index in [0.717, 1.165) is 16.8 Å². The molecule has 0 bridgehead atoms. The lowest BCUT2D eigenvalue weighted by Crippen LogP contribution is -2.10. The Kier molecular flexibility index (Phi) is 6.78. The van der Waals surface area contributed by atoms with E-state index in [4.69, 9.17) is 0 Å². The maximum Gasteiger partial charge on any atom is 0.0635 e. The average Bonchev–Trinajstić information content (AvgIpc) is 2.48. The van der Waals surface area contributed by atoms with Crippen LogP contribution >= 0.6 is 0 Å². The van der Waals surface area contributed by atoms with Crippen LogP contribution in [-0.4, -0.2) is 6.21 Å². The fourth-order valence-electron chi connectivity index (χ4n) is 2.09. The van der Waals surface area contributed by atoms with Crippen molar-refractivity contribution in [1.82, 2.24) is 0 Å². The summed E-state index contributed by atoms with van der Waals surface area (Å²) in [4.78, 5) is 4.63. The molecule has 0 aromatic heterocycles. The Labute approximate surface area is 135 Å². The normalized spacial score (nSPS) is 14.0. The van der Waals surface area contributed by atoms with Gasteiger partial charge in [0.2, 0.25) is 0 Å². The Morgan fingerprint density at radius 2 is 1.91 bits per heavy atom. The molecule has 0 atom stereocenters. The number of rotatable bonds is 5. The van der Waals surface area contributed by atoms with Gasteiger partial charge in [-0.25, -0.2) is 0 Å². The minimum atomic E-state index is 0.105. The van der Waals surface area contributed by atoms with Crippen LogP contribution in [0.3, 0.4) is 0 Å². The number of nitrogens with zero attached hydrogens (tertiary/aromatic N) is 1. The molecule has 0 radical (unpaired) electrons. The average molecular weight is 293 g/mol. The lowest BCUT2D eigenvalue weighted by molar-refractivity contribution is 0.526. The van der Waals surface area contributed by atoms with Crippen LogP contribution in [-0.2, 0) is 0 Å². The summed E-state index contributed by atoms with van der Waals surface area (Å²) < 4.78 is 0. The minimum absolute atomic E-state index is 0.105. The Balaban J connectivity index is 3.10. The van der Waals surface area contributed by atoms with E-state index in [1.54, 1.807) is 0 Å². The molecule has 0 N–H and O–H groups in total. The van der Waals surface area contributed by atoms with Gasteiger partial charge in [0.15, 0.2) is 0 Å². The largest absolute Gasteiger partial charge is 0.257 e. The predicted molar refractivity (Wildman–Crippen MR) is 101 cm³/mol. The third-order valence-corrected chi connectivity index (χ3v) is 3.40. The van der Waals surface area contributed by atoms with Crippen molar-refractivity contribution in [2.24, 2.45) is 10.4 Å². The SMILES string of the molecule is C=C/C(=C\C=C/C)c1cccc(N=C/C(=C\C)C(C)(C)C)c1. The summed E-state index contributed by atoms with van der Waals surface area (Å²) in [6.45, 7) is 14.5. The summed E-state index contributed by atoms with van der Waals surface area (Å²) in [5, 5.41) is 0. The maximum atomic E-state index is 4.63. The highest BCUT2D eigenvalue weighted by molar-refractivity contribution is 5.83. The minimum Gasteiger partial charge on any atom is -0.257 e. The fourth-order valence-corrected chi connectivity index (χ4v) is 2.09. The molecular weight excluding hydrogens is 266 g/mol. The molecule has 0 aliphatic rings. The van der Waals surface area contributed by atoms with Crippen molar-refractivity contribution in [3.63, 3.8) is 0 Å². The van der Waals surface area contributed by atoms with Crippen LogP contribution < -0.4 is 0 Å². The van der Waals surface area contributed by atoms with E-state index in [2.05, 4.69) is 63.6 Å². The van der Waals surface area contributed by atoms with Crippen molar-refractivity contribution in [3.05, 3.63) is 72.4 Å². The predicted octanol–water partition coefficient (Wildman–Crippen LogP) is 6.53. The molecule has 0 aliphatic heterocycles. The lowest BCUT2D eigenvalue weighted by Gasteiger charge is -2.19. The van der Waals surface area contributed by atoms with E-state index in [0.29, 0.717) is 0 Å². The van der Waals surface area contributed by atoms with Crippen LogP contribution in [0.4, 0.5) is 5.69 Å². The van der Waals surface area contributed by atoms with Gasteiger partial charge < -0.3 is 0 Å². The first-order valence-corrected chi connectivity index (χ1v) is 7.69. The molecule has 22 heavy (non-hydrogen) atoms. The molecule has 0 unspecified atom stereocenters. The second kappa shape index (κ2) is 8.33. The van der Waals surface area contributed by atoms with E-state index < -0.39 is 0 Å². The molecule has 0 amide bonds. The number of allylic oxidation sites excluding steroid dienone is 7. The second-order valence-electron chi connectivity index (χ2n) is 6.15. The highest BCUT2D eigenvalue weighted by Crippen LogP contribution is 2.25. The van der Waals surface area contributed by atoms with Crippen LogP contribution in [0.5, 0.6) is 0 Å². The molecule has 0 aliphatic carbocycles. The number of hydrogen-bond acceptors (Lipinski definition) is 1. The third-order valence-electron chi connectivity index (χ3n) is 3.40. The Bertz CT molecular complexity index is 620. The zero-order valence-electron chi connectivity index (χ0n) is 14.4. The van der Waals surface area contributed by atoms with E-state index in [-0.39, 0.29) is 5.41 Å².